The van der Waals surface area contributed by atoms with Gasteiger partial charge < -0.3 is 9.84 Å². The van der Waals surface area contributed by atoms with Gasteiger partial charge in [-0.25, -0.2) is 9.78 Å². The third-order valence-corrected chi connectivity index (χ3v) is 3.26. The fourth-order valence-corrected chi connectivity index (χ4v) is 2.23. The summed E-state index contributed by atoms with van der Waals surface area (Å²) in [4.78, 5) is 15.3. The quantitative estimate of drug-likeness (QED) is 0.803. The van der Waals surface area contributed by atoms with E-state index in [1.807, 2.05) is 0 Å². The van der Waals surface area contributed by atoms with Gasteiger partial charge in [-0.2, -0.15) is 0 Å². The van der Waals surface area contributed by atoms with E-state index < -0.39 is 5.97 Å². The number of carbonyl (C=O) groups is 1. The Bertz CT molecular complexity index is 814. The van der Waals surface area contributed by atoms with Crippen LogP contribution in [0.3, 0.4) is 0 Å². The molecule has 0 spiro atoms. The zero-order valence-corrected chi connectivity index (χ0v) is 11.6. The topological polar surface area (TPSA) is 63.8 Å². The Balaban J connectivity index is 1.88. The summed E-state index contributed by atoms with van der Waals surface area (Å²) in [5.74, 6) is -0.361. The minimum absolute atomic E-state index is 0.159. The first kappa shape index (κ1) is 13.5. The number of aromatic carboxylic acids is 1. The summed E-state index contributed by atoms with van der Waals surface area (Å²) in [6.07, 6.45) is 3.36. The van der Waals surface area contributed by atoms with Gasteiger partial charge in [0.2, 0.25) is 0 Å². The van der Waals surface area contributed by atoms with Gasteiger partial charge in [0.25, 0.3) is 0 Å². The number of pyridine rings is 1. The van der Waals surface area contributed by atoms with Crippen LogP contribution in [0.2, 0.25) is 5.02 Å². The molecule has 0 radical (unpaired) electrons. The Labute approximate surface area is 125 Å². The number of imidazole rings is 1. The number of aromatic nitrogens is 2. The van der Waals surface area contributed by atoms with Gasteiger partial charge in [-0.1, -0.05) is 17.7 Å². The number of ether oxygens (including phenoxy) is 1. The van der Waals surface area contributed by atoms with Gasteiger partial charge in [-0.3, -0.25) is 4.40 Å². The molecule has 0 unspecified atom stereocenters. The maximum Gasteiger partial charge on any atom is 0.339 e. The van der Waals surface area contributed by atoms with E-state index in [1.54, 1.807) is 47.1 Å². The highest BCUT2D eigenvalue weighted by Gasteiger charge is 2.12. The molecule has 2 heterocycles. The van der Waals surface area contributed by atoms with Crippen LogP contribution < -0.4 is 4.74 Å². The Kier molecular flexibility index (Phi) is 3.50. The van der Waals surface area contributed by atoms with Crippen molar-refractivity contribution in [1.82, 2.24) is 9.38 Å². The Hall–Kier alpha value is -2.53. The van der Waals surface area contributed by atoms with Crippen LogP contribution in [-0.2, 0) is 6.61 Å². The zero-order valence-electron chi connectivity index (χ0n) is 10.9. The number of fused-ring (bicyclic) bond motifs is 1. The molecule has 0 saturated carbocycles. The number of carboxylic acid groups (broad SMARTS) is 1. The summed E-state index contributed by atoms with van der Waals surface area (Å²) in [7, 11) is 0. The van der Waals surface area contributed by atoms with Crippen LogP contribution in [-0.4, -0.2) is 20.5 Å². The zero-order chi connectivity index (χ0) is 14.8. The average molecular weight is 303 g/mol. The molecule has 3 aromatic rings. The molecule has 0 aliphatic rings. The highest BCUT2D eigenvalue weighted by molar-refractivity contribution is 6.30. The van der Waals surface area contributed by atoms with E-state index in [4.69, 9.17) is 21.4 Å². The van der Waals surface area contributed by atoms with E-state index in [-0.39, 0.29) is 12.2 Å². The van der Waals surface area contributed by atoms with Crippen LogP contribution >= 0.6 is 11.6 Å². The molecule has 3 rings (SSSR count). The Morgan fingerprint density at radius 1 is 1.33 bits per heavy atom. The molecular weight excluding hydrogens is 292 g/mol. The second-order valence-corrected chi connectivity index (χ2v) is 4.85. The largest absolute Gasteiger partial charge is 0.487 e. The lowest BCUT2D eigenvalue weighted by Gasteiger charge is -2.06. The smallest absolute Gasteiger partial charge is 0.339 e. The average Bonchev–Trinajstić information content (AvgIpc) is 2.88. The SMILES string of the molecule is O=C(O)c1cccn2c(COc3cccc(Cl)c3)cnc12. The maximum absolute atomic E-state index is 11.1. The van der Waals surface area contributed by atoms with Gasteiger partial charge in [-0.15, -0.1) is 0 Å². The summed E-state index contributed by atoms with van der Waals surface area (Å²) in [5, 5.41) is 9.73. The van der Waals surface area contributed by atoms with E-state index in [9.17, 15) is 4.79 Å². The molecule has 0 fully saturated rings. The van der Waals surface area contributed by atoms with Crippen molar-refractivity contribution in [2.24, 2.45) is 0 Å². The van der Waals surface area contributed by atoms with Gasteiger partial charge in [-0.05, 0) is 30.3 Å². The third-order valence-electron chi connectivity index (χ3n) is 3.03. The number of benzene rings is 1. The number of nitrogens with zero attached hydrogens (tertiary/aromatic N) is 2. The molecule has 1 N–H and O–H groups in total. The molecule has 0 bridgehead atoms. The molecular formula is C15H11ClN2O3. The Morgan fingerprint density at radius 3 is 2.95 bits per heavy atom. The van der Waals surface area contributed by atoms with Crippen LogP contribution in [0.25, 0.3) is 5.65 Å². The number of halogens is 1. The lowest BCUT2D eigenvalue weighted by molar-refractivity contribution is 0.0698. The van der Waals surface area contributed by atoms with Gasteiger partial charge in [0.15, 0.2) is 5.65 Å². The van der Waals surface area contributed by atoms with Crippen LogP contribution in [0, 0.1) is 0 Å². The molecule has 5 nitrogen and oxygen atoms in total. The van der Waals surface area contributed by atoms with Crippen molar-refractivity contribution in [3.05, 3.63) is 65.1 Å². The number of carboxylic acids is 1. The summed E-state index contributed by atoms with van der Waals surface area (Å²) < 4.78 is 7.35. The van der Waals surface area contributed by atoms with Crippen molar-refractivity contribution >= 4 is 23.2 Å². The van der Waals surface area contributed by atoms with Crippen molar-refractivity contribution < 1.29 is 14.6 Å². The van der Waals surface area contributed by atoms with Crippen LogP contribution in [0.4, 0.5) is 0 Å². The summed E-state index contributed by atoms with van der Waals surface area (Å²) in [5.41, 5.74) is 1.31. The van der Waals surface area contributed by atoms with Gasteiger partial charge >= 0.3 is 5.97 Å². The number of rotatable bonds is 4. The first-order chi connectivity index (χ1) is 10.1. The second kappa shape index (κ2) is 5.46. The van der Waals surface area contributed by atoms with E-state index in [0.717, 1.165) is 5.69 Å². The lowest BCUT2D eigenvalue weighted by Crippen LogP contribution is -2.03. The minimum atomic E-state index is -1.01. The predicted octanol–water partition coefficient (Wildman–Crippen LogP) is 3.26. The first-order valence-corrected chi connectivity index (χ1v) is 6.59. The highest BCUT2D eigenvalue weighted by Crippen LogP contribution is 2.19. The first-order valence-electron chi connectivity index (χ1n) is 6.22. The minimum Gasteiger partial charge on any atom is -0.487 e. The van der Waals surface area contributed by atoms with Crippen molar-refractivity contribution in [3.8, 4) is 5.75 Å². The van der Waals surface area contributed by atoms with E-state index in [2.05, 4.69) is 4.98 Å². The standard InChI is InChI=1S/C15H11ClN2O3/c16-10-3-1-4-12(7-10)21-9-11-8-17-14-13(15(19)20)5-2-6-18(11)14/h1-8H,9H2,(H,19,20). The highest BCUT2D eigenvalue weighted by atomic mass is 35.5. The Morgan fingerprint density at radius 2 is 2.19 bits per heavy atom. The lowest BCUT2D eigenvalue weighted by atomic mass is 10.3. The third kappa shape index (κ3) is 2.68. The molecule has 106 valence electrons. The maximum atomic E-state index is 11.1. The van der Waals surface area contributed by atoms with Crippen molar-refractivity contribution in [2.75, 3.05) is 0 Å². The molecule has 0 atom stereocenters. The van der Waals surface area contributed by atoms with Gasteiger partial charge in [0, 0.05) is 11.2 Å². The fourth-order valence-electron chi connectivity index (χ4n) is 2.05. The molecule has 21 heavy (non-hydrogen) atoms. The summed E-state index contributed by atoms with van der Waals surface area (Å²) >= 11 is 5.89. The van der Waals surface area contributed by atoms with Crippen LogP contribution in [0.5, 0.6) is 5.75 Å². The van der Waals surface area contributed by atoms with Crippen molar-refractivity contribution in [1.29, 1.82) is 0 Å². The second-order valence-electron chi connectivity index (χ2n) is 4.42. The van der Waals surface area contributed by atoms with E-state index >= 15 is 0 Å². The normalized spacial score (nSPS) is 10.7. The molecule has 0 aliphatic heterocycles. The molecule has 6 heteroatoms. The van der Waals surface area contributed by atoms with Crippen molar-refractivity contribution in [2.45, 2.75) is 6.61 Å². The summed E-state index contributed by atoms with van der Waals surface area (Å²) in [6, 6.07) is 10.3. The van der Waals surface area contributed by atoms with Crippen LogP contribution in [0.15, 0.2) is 48.8 Å². The van der Waals surface area contributed by atoms with Gasteiger partial charge in [0.1, 0.15) is 17.9 Å². The number of hydrogen-bond acceptors (Lipinski definition) is 3. The molecule has 0 aliphatic carbocycles. The van der Waals surface area contributed by atoms with Crippen LogP contribution in [0.1, 0.15) is 16.1 Å². The molecule has 1 aromatic carbocycles. The summed E-state index contributed by atoms with van der Waals surface area (Å²) in [6.45, 7) is 0.268. The monoisotopic (exact) mass is 302 g/mol. The van der Waals surface area contributed by atoms with Crippen molar-refractivity contribution in [3.63, 3.8) is 0 Å². The van der Waals surface area contributed by atoms with E-state index in [1.165, 1.54) is 6.07 Å². The predicted molar refractivity (Wildman–Crippen MR) is 77.9 cm³/mol. The molecule has 0 saturated heterocycles. The molecule has 2 aromatic heterocycles. The van der Waals surface area contributed by atoms with E-state index in [0.29, 0.717) is 16.4 Å². The molecule has 0 amide bonds. The fraction of sp³-hybridized carbons (Fsp3) is 0.0667. The number of hydrogen-bond donors (Lipinski definition) is 1. The van der Waals surface area contributed by atoms with Gasteiger partial charge in [0.05, 0.1) is 11.9 Å².